The van der Waals surface area contributed by atoms with Gasteiger partial charge in [-0.25, -0.2) is 17.8 Å². The Morgan fingerprint density at radius 1 is 0.933 bits per heavy atom. The van der Waals surface area contributed by atoms with Gasteiger partial charge in [-0.2, -0.15) is 0 Å². The van der Waals surface area contributed by atoms with E-state index in [1.54, 1.807) is 66.0 Å². The monoisotopic (exact) mass is 440 g/mol. The Morgan fingerprint density at radius 3 is 2.37 bits per heavy atom. The molecule has 0 saturated carbocycles. The van der Waals surface area contributed by atoms with Crippen LogP contribution in [0.25, 0.3) is 21.8 Å². The highest BCUT2D eigenvalue weighted by Gasteiger charge is 2.21. The molecule has 0 aliphatic heterocycles. The number of anilines is 1. The molecule has 152 valence electrons. The number of thiazole rings is 1. The molecular formula is C22H17FN2O3S2. The van der Waals surface area contributed by atoms with Gasteiger partial charge in [-0.3, -0.25) is 4.72 Å². The van der Waals surface area contributed by atoms with Crippen molar-refractivity contribution in [3.63, 3.8) is 0 Å². The number of para-hydroxylation sites is 2. The molecule has 0 fully saturated rings. The first-order chi connectivity index (χ1) is 14.5. The third kappa shape index (κ3) is 3.92. The molecule has 4 aromatic rings. The minimum Gasteiger partial charge on any atom is -0.495 e. The van der Waals surface area contributed by atoms with Crippen LogP contribution in [0.2, 0.25) is 0 Å². The largest absolute Gasteiger partial charge is 0.495 e. The fourth-order valence-corrected chi connectivity index (χ4v) is 5.09. The fraction of sp³-hybridized carbons (Fsp3) is 0.0455. The summed E-state index contributed by atoms with van der Waals surface area (Å²) >= 11 is 1.29. The van der Waals surface area contributed by atoms with Crippen LogP contribution in [0.4, 0.5) is 10.1 Å². The summed E-state index contributed by atoms with van der Waals surface area (Å²) in [6.45, 7) is 0. The van der Waals surface area contributed by atoms with Gasteiger partial charge in [0.15, 0.2) is 0 Å². The van der Waals surface area contributed by atoms with Crippen molar-refractivity contribution < 1.29 is 17.5 Å². The van der Waals surface area contributed by atoms with E-state index in [2.05, 4.69) is 9.71 Å². The number of aromatic nitrogens is 1. The SMILES string of the molecule is COc1ccccc1S(=O)(=O)Nc1ccccc1-c1csc(-c2ccccc2F)n1. The van der Waals surface area contributed by atoms with Crippen molar-refractivity contribution in [2.24, 2.45) is 0 Å². The number of methoxy groups -OCH3 is 1. The molecule has 1 N–H and O–H groups in total. The van der Waals surface area contributed by atoms with Gasteiger partial charge >= 0.3 is 0 Å². The molecule has 1 heterocycles. The molecule has 0 unspecified atom stereocenters. The van der Waals surface area contributed by atoms with Crippen LogP contribution < -0.4 is 9.46 Å². The molecule has 0 radical (unpaired) electrons. The summed E-state index contributed by atoms with van der Waals surface area (Å²) in [5.74, 6) is -0.110. The number of nitrogens with one attached hydrogen (secondary N) is 1. The van der Waals surface area contributed by atoms with E-state index in [-0.39, 0.29) is 16.5 Å². The van der Waals surface area contributed by atoms with E-state index in [1.165, 1.54) is 30.6 Å². The van der Waals surface area contributed by atoms with Gasteiger partial charge in [-0.15, -0.1) is 11.3 Å². The summed E-state index contributed by atoms with van der Waals surface area (Å²) < 4.78 is 47.9. The van der Waals surface area contributed by atoms with Crippen molar-refractivity contribution >= 4 is 27.0 Å². The quantitative estimate of drug-likeness (QED) is 0.434. The van der Waals surface area contributed by atoms with Crippen LogP contribution in [0, 0.1) is 5.82 Å². The lowest BCUT2D eigenvalue weighted by Gasteiger charge is -2.13. The first-order valence-electron chi connectivity index (χ1n) is 8.95. The standard InChI is InChI=1S/C22H17FN2O3S2/c1-28-20-12-6-7-13-21(20)30(26,27)25-18-11-5-3-9-16(18)19-14-29-22(24-19)15-8-2-4-10-17(15)23/h2-14,25H,1H3. The van der Waals surface area contributed by atoms with Crippen molar-refractivity contribution in [3.8, 4) is 27.6 Å². The van der Waals surface area contributed by atoms with E-state index in [4.69, 9.17) is 4.74 Å². The Bertz CT molecular complexity index is 1300. The van der Waals surface area contributed by atoms with Crippen LogP contribution in [0.5, 0.6) is 5.75 Å². The van der Waals surface area contributed by atoms with Crippen LogP contribution in [0.1, 0.15) is 0 Å². The summed E-state index contributed by atoms with van der Waals surface area (Å²) in [6, 6.07) is 19.7. The highest BCUT2D eigenvalue weighted by Crippen LogP contribution is 2.35. The highest BCUT2D eigenvalue weighted by molar-refractivity contribution is 7.92. The van der Waals surface area contributed by atoms with Crippen molar-refractivity contribution in [1.29, 1.82) is 0 Å². The molecule has 0 spiro atoms. The predicted octanol–water partition coefficient (Wildman–Crippen LogP) is 5.43. The second kappa shape index (κ2) is 8.25. The first kappa shape index (κ1) is 20.1. The maximum absolute atomic E-state index is 14.1. The van der Waals surface area contributed by atoms with Gasteiger partial charge in [-0.05, 0) is 30.3 Å². The zero-order chi connectivity index (χ0) is 21.1. The zero-order valence-electron chi connectivity index (χ0n) is 15.9. The second-order valence-corrected chi connectivity index (χ2v) is 8.83. The summed E-state index contributed by atoms with van der Waals surface area (Å²) in [5.41, 5.74) is 1.92. The first-order valence-corrected chi connectivity index (χ1v) is 11.3. The van der Waals surface area contributed by atoms with Crippen molar-refractivity contribution in [1.82, 2.24) is 4.98 Å². The van der Waals surface area contributed by atoms with E-state index in [0.29, 0.717) is 27.5 Å². The van der Waals surface area contributed by atoms with Crippen LogP contribution >= 0.6 is 11.3 Å². The molecule has 30 heavy (non-hydrogen) atoms. The van der Waals surface area contributed by atoms with Crippen LogP contribution in [0.3, 0.4) is 0 Å². The molecule has 5 nitrogen and oxygen atoms in total. The van der Waals surface area contributed by atoms with Gasteiger partial charge < -0.3 is 4.74 Å². The lowest BCUT2D eigenvalue weighted by Crippen LogP contribution is -2.14. The molecule has 0 bridgehead atoms. The highest BCUT2D eigenvalue weighted by atomic mass is 32.2. The van der Waals surface area contributed by atoms with Crippen LogP contribution in [-0.4, -0.2) is 20.5 Å². The minimum atomic E-state index is -3.90. The number of rotatable bonds is 6. The third-order valence-corrected chi connectivity index (χ3v) is 6.69. The topological polar surface area (TPSA) is 68.3 Å². The van der Waals surface area contributed by atoms with Crippen molar-refractivity contribution in [3.05, 3.63) is 84.0 Å². The third-order valence-electron chi connectivity index (χ3n) is 4.41. The lowest BCUT2D eigenvalue weighted by molar-refractivity contribution is 0.403. The smallest absolute Gasteiger partial charge is 0.265 e. The molecule has 0 amide bonds. The number of sulfonamides is 1. The molecule has 0 atom stereocenters. The Hall–Kier alpha value is -3.23. The summed E-state index contributed by atoms with van der Waals surface area (Å²) in [6.07, 6.45) is 0. The minimum absolute atomic E-state index is 0.0348. The van der Waals surface area contributed by atoms with E-state index in [0.717, 1.165) is 0 Å². The number of nitrogens with zero attached hydrogens (tertiary/aromatic N) is 1. The van der Waals surface area contributed by atoms with Crippen LogP contribution in [-0.2, 0) is 10.0 Å². The normalized spacial score (nSPS) is 11.3. The summed E-state index contributed by atoms with van der Waals surface area (Å²) in [5, 5.41) is 2.29. The maximum atomic E-state index is 14.1. The van der Waals surface area contributed by atoms with E-state index in [1.807, 2.05) is 0 Å². The molecule has 0 saturated heterocycles. The Balaban J connectivity index is 1.72. The Kier molecular flexibility index (Phi) is 5.52. The number of benzene rings is 3. The molecule has 3 aromatic carbocycles. The Morgan fingerprint density at radius 2 is 1.60 bits per heavy atom. The van der Waals surface area contributed by atoms with Gasteiger partial charge in [0, 0.05) is 16.5 Å². The maximum Gasteiger partial charge on any atom is 0.265 e. The molecule has 4 rings (SSSR count). The molecule has 8 heteroatoms. The Labute approximate surface area is 177 Å². The summed E-state index contributed by atoms with van der Waals surface area (Å²) in [4.78, 5) is 4.56. The van der Waals surface area contributed by atoms with Gasteiger partial charge in [0.25, 0.3) is 10.0 Å². The molecular weight excluding hydrogens is 423 g/mol. The van der Waals surface area contributed by atoms with Crippen molar-refractivity contribution in [2.45, 2.75) is 4.90 Å². The van der Waals surface area contributed by atoms with E-state index < -0.39 is 10.0 Å². The molecule has 0 aliphatic rings. The number of hydrogen-bond acceptors (Lipinski definition) is 5. The van der Waals surface area contributed by atoms with Crippen LogP contribution in [0.15, 0.2) is 83.1 Å². The number of hydrogen-bond donors (Lipinski definition) is 1. The number of halogens is 1. The predicted molar refractivity (Wildman–Crippen MR) is 117 cm³/mol. The molecule has 0 aliphatic carbocycles. The fourth-order valence-electron chi connectivity index (χ4n) is 2.99. The van der Waals surface area contributed by atoms with E-state index in [9.17, 15) is 12.8 Å². The van der Waals surface area contributed by atoms with Gasteiger partial charge in [-0.1, -0.05) is 42.5 Å². The van der Waals surface area contributed by atoms with Gasteiger partial charge in [0.1, 0.15) is 21.5 Å². The average molecular weight is 441 g/mol. The summed E-state index contributed by atoms with van der Waals surface area (Å²) in [7, 11) is -2.48. The lowest BCUT2D eigenvalue weighted by atomic mass is 10.1. The van der Waals surface area contributed by atoms with E-state index >= 15 is 0 Å². The van der Waals surface area contributed by atoms with Gasteiger partial charge in [0.2, 0.25) is 0 Å². The molecule has 1 aromatic heterocycles. The second-order valence-electron chi connectivity index (χ2n) is 6.32. The average Bonchev–Trinajstić information content (AvgIpc) is 3.24. The van der Waals surface area contributed by atoms with Crippen molar-refractivity contribution in [2.75, 3.05) is 11.8 Å². The van der Waals surface area contributed by atoms with Gasteiger partial charge in [0.05, 0.1) is 18.5 Å². The zero-order valence-corrected chi connectivity index (χ0v) is 17.5. The number of ether oxygens (including phenoxy) is 1.